The molecule has 0 rings (SSSR count). The summed E-state index contributed by atoms with van der Waals surface area (Å²) < 4.78 is 0. The summed E-state index contributed by atoms with van der Waals surface area (Å²) in [7, 11) is 1.85. The zero-order valence-electron chi connectivity index (χ0n) is 17.5. The van der Waals surface area contributed by atoms with Crippen LogP contribution in [-0.4, -0.2) is 73.7 Å². The summed E-state index contributed by atoms with van der Waals surface area (Å²) in [5.41, 5.74) is 0. The van der Waals surface area contributed by atoms with Gasteiger partial charge in [-0.15, -0.1) is 0 Å². The number of nitrogens with one attached hydrogen (secondary N) is 2. The maximum Gasteiger partial charge on any atom is 0.191 e. The molecule has 0 radical (unpaired) electrons. The van der Waals surface area contributed by atoms with Crippen LogP contribution in [0.15, 0.2) is 4.99 Å². The van der Waals surface area contributed by atoms with Gasteiger partial charge >= 0.3 is 0 Å². The maximum absolute atomic E-state index is 4.36. The Morgan fingerprint density at radius 3 is 2.00 bits per heavy atom. The Balaban J connectivity index is 4.09. The molecule has 144 valence electrons. The van der Waals surface area contributed by atoms with Gasteiger partial charge in [0.1, 0.15) is 0 Å². The Hall–Kier alpha value is -0.810. The van der Waals surface area contributed by atoms with Gasteiger partial charge < -0.3 is 15.5 Å². The molecule has 0 aliphatic heterocycles. The van der Waals surface area contributed by atoms with Crippen molar-refractivity contribution in [2.24, 2.45) is 4.99 Å². The Kier molecular flexibility index (Phi) is 13.0. The molecule has 0 aliphatic carbocycles. The van der Waals surface area contributed by atoms with Crippen molar-refractivity contribution in [3.63, 3.8) is 0 Å². The lowest BCUT2D eigenvalue weighted by molar-refractivity contribution is 0.178. The zero-order chi connectivity index (χ0) is 18.5. The first-order valence-corrected chi connectivity index (χ1v) is 9.80. The van der Waals surface area contributed by atoms with Crippen LogP contribution >= 0.6 is 0 Å². The standard InChI is InChI=1S/C19H43N5/c1-9-23(10-2)14-11-12-18(7)22-19(20-8)21-13-15-24(16(3)4)17(5)6/h16-18H,9-15H2,1-8H3,(H2,20,21,22). The fraction of sp³-hybridized carbons (Fsp3) is 0.947. The largest absolute Gasteiger partial charge is 0.355 e. The Labute approximate surface area is 151 Å². The minimum Gasteiger partial charge on any atom is -0.355 e. The molecule has 1 unspecified atom stereocenters. The molecule has 0 amide bonds. The van der Waals surface area contributed by atoms with Crippen LogP contribution in [0, 0.1) is 0 Å². The number of nitrogens with zero attached hydrogens (tertiary/aromatic N) is 3. The van der Waals surface area contributed by atoms with Crippen molar-refractivity contribution in [1.29, 1.82) is 0 Å². The van der Waals surface area contributed by atoms with Crippen LogP contribution in [0.25, 0.3) is 0 Å². The van der Waals surface area contributed by atoms with E-state index in [9.17, 15) is 0 Å². The van der Waals surface area contributed by atoms with E-state index in [2.05, 4.69) is 73.9 Å². The molecule has 0 aromatic carbocycles. The molecule has 0 aliphatic rings. The number of hydrogen-bond acceptors (Lipinski definition) is 3. The number of hydrogen-bond donors (Lipinski definition) is 2. The van der Waals surface area contributed by atoms with Crippen molar-refractivity contribution in [2.45, 2.75) is 79.4 Å². The van der Waals surface area contributed by atoms with Crippen molar-refractivity contribution >= 4 is 5.96 Å². The fourth-order valence-corrected chi connectivity index (χ4v) is 3.08. The molecule has 2 N–H and O–H groups in total. The topological polar surface area (TPSA) is 42.9 Å². The van der Waals surface area contributed by atoms with E-state index in [1.807, 2.05) is 7.05 Å². The van der Waals surface area contributed by atoms with Crippen LogP contribution in [0.1, 0.15) is 61.3 Å². The van der Waals surface area contributed by atoms with Gasteiger partial charge in [-0.2, -0.15) is 0 Å². The number of guanidine groups is 1. The summed E-state index contributed by atoms with van der Waals surface area (Å²) in [5.74, 6) is 0.915. The molecule has 0 heterocycles. The molecular formula is C19H43N5. The van der Waals surface area contributed by atoms with Gasteiger partial charge in [-0.3, -0.25) is 9.89 Å². The Morgan fingerprint density at radius 1 is 0.958 bits per heavy atom. The highest BCUT2D eigenvalue weighted by Gasteiger charge is 2.13. The van der Waals surface area contributed by atoms with E-state index in [0.29, 0.717) is 18.1 Å². The summed E-state index contributed by atoms with van der Waals surface area (Å²) in [6.45, 7) is 21.1. The minimum atomic E-state index is 0.443. The Morgan fingerprint density at radius 2 is 1.54 bits per heavy atom. The van der Waals surface area contributed by atoms with E-state index in [-0.39, 0.29) is 0 Å². The van der Waals surface area contributed by atoms with Crippen LogP contribution in [-0.2, 0) is 0 Å². The third kappa shape index (κ3) is 10.1. The number of rotatable bonds is 12. The van der Waals surface area contributed by atoms with Gasteiger partial charge in [-0.1, -0.05) is 13.8 Å². The van der Waals surface area contributed by atoms with Gasteiger partial charge in [0.15, 0.2) is 5.96 Å². The van der Waals surface area contributed by atoms with Crippen LogP contribution in [0.5, 0.6) is 0 Å². The number of aliphatic imine (C=N–C) groups is 1. The van der Waals surface area contributed by atoms with Crippen LogP contribution in [0.2, 0.25) is 0 Å². The third-order valence-electron chi connectivity index (χ3n) is 4.60. The predicted octanol–water partition coefficient (Wildman–Crippen LogP) is 2.78. The van der Waals surface area contributed by atoms with E-state index < -0.39 is 0 Å². The monoisotopic (exact) mass is 341 g/mol. The van der Waals surface area contributed by atoms with E-state index in [0.717, 1.165) is 32.1 Å². The lowest BCUT2D eigenvalue weighted by Crippen LogP contribution is -2.47. The van der Waals surface area contributed by atoms with Crippen LogP contribution < -0.4 is 10.6 Å². The molecule has 0 saturated carbocycles. The van der Waals surface area contributed by atoms with E-state index in [1.54, 1.807) is 0 Å². The smallest absolute Gasteiger partial charge is 0.191 e. The average Bonchev–Trinajstić information content (AvgIpc) is 2.53. The van der Waals surface area contributed by atoms with Gasteiger partial charge in [-0.25, -0.2) is 0 Å². The third-order valence-corrected chi connectivity index (χ3v) is 4.60. The van der Waals surface area contributed by atoms with Gasteiger partial charge in [0.25, 0.3) is 0 Å². The molecule has 5 heteroatoms. The first kappa shape index (κ1) is 23.2. The summed E-state index contributed by atoms with van der Waals surface area (Å²) in [4.78, 5) is 9.33. The van der Waals surface area contributed by atoms with Crippen molar-refractivity contribution in [3.8, 4) is 0 Å². The van der Waals surface area contributed by atoms with E-state index in [1.165, 1.54) is 19.4 Å². The van der Waals surface area contributed by atoms with Crippen molar-refractivity contribution in [2.75, 3.05) is 39.8 Å². The molecule has 0 spiro atoms. The lowest BCUT2D eigenvalue weighted by Gasteiger charge is -2.30. The minimum absolute atomic E-state index is 0.443. The molecule has 0 aromatic rings. The van der Waals surface area contributed by atoms with Crippen molar-refractivity contribution in [1.82, 2.24) is 20.4 Å². The van der Waals surface area contributed by atoms with Gasteiger partial charge in [0.2, 0.25) is 0 Å². The van der Waals surface area contributed by atoms with Crippen LogP contribution in [0.3, 0.4) is 0 Å². The summed E-state index contributed by atoms with van der Waals surface area (Å²) in [5, 5.41) is 6.96. The summed E-state index contributed by atoms with van der Waals surface area (Å²) in [6, 6.07) is 1.58. The molecule has 0 bridgehead atoms. The summed E-state index contributed by atoms with van der Waals surface area (Å²) in [6.07, 6.45) is 2.39. The molecule has 0 fully saturated rings. The normalized spacial score (nSPS) is 14.1. The SMILES string of the molecule is CCN(CC)CCCC(C)NC(=NC)NCCN(C(C)C)C(C)C. The second kappa shape index (κ2) is 13.5. The first-order chi connectivity index (χ1) is 11.3. The second-order valence-corrected chi connectivity index (χ2v) is 7.14. The summed E-state index contributed by atoms with van der Waals surface area (Å²) >= 11 is 0. The maximum atomic E-state index is 4.36. The highest BCUT2D eigenvalue weighted by atomic mass is 15.2. The highest BCUT2D eigenvalue weighted by Crippen LogP contribution is 2.03. The molecule has 0 aromatic heterocycles. The average molecular weight is 342 g/mol. The van der Waals surface area contributed by atoms with Gasteiger partial charge in [0, 0.05) is 38.3 Å². The predicted molar refractivity (Wildman–Crippen MR) is 108 cm³/mol. The molecule has 24 heavy (non-hydrogen) atoms. The van der Waals surface area contributed by atoms with Crippen LogP contribution in [0.4, 0.5) is 0 Å². The molecular weight excluding hydrogens is 298 g/mol. The fourth-order valence-electron chi connectivity index (χ4n) is 3.08. The second-order valence-electron chi connectivity index (χ2n) is 7.14. The van der Waals surface area contributed by atoms with Gasteiger partial charge in [0.05, 0.1) is 0 Å². The van der Waals surface area contributed by atoms with Gasteiger partial charge in [-0.05, 0) is 67.1 Å². The van der Waals surface area contributed by atoms with Crippen molar-refractivity contribution in [3.05, 3.63) is 0 Å². The Bertz CT molecular complexity index is 316. The van der Waals surface area contributed by atoms with E-state index in [4.69, 9.17) is 0 Å². The molecule has 5 nitrogen and oxygen atoms in total. The highest BCUT2D eigenvalue weighted by molar-refractivity contribution is 5.79. The first-order valence-electron chi connectivity index (χ1n) is 9.80. The quantitative estimate of drug-likeness (QED) is 0.423. The van der Waals surface area contributed by atoms with Crippen molar-refractivity contribution < 1.29 is 0 Å². The lowest BCUT2D eigenvalue weighted by atomic mass is 10.2. The molecule has 1 atom stereocenters. The zero-order valence-corrected chi connectivity index (χ0v) is 17.5. The molecule has 0 saturated heterocycles. The van der Waals surface area contributed by atoms with E-state index >= 15 is 0 Å².